The van der Waals surface area contributed by atoms with Crippen molar-refractivity contribution in [2.75, 3.05) is 9.80 Å². The molecule has 0 radical (unpaired) electrons. The number of fused-ring (bicyclic) bond motifs is 16. The van der Waals surface area contributed by atoms with Crippen LogP contribution in [0.25, 0.3) is 68.9 Å². The van der Waals surface area contributed by atoms with Crippen LogP contribution in [0.3, 0.4) is 0 Å². The van der Waals surface area contributed by atoms with E-state index in [4.69, 9.17) is 0 Å². The molecule has 0 spiro atoms. The fourth-order valence-corrected chi connectivity index (χ4v) is 16.6. The monoisotopic (exact) mass is 1090 g/mol. The zero-order valence-electron chi connectivity index (χ0n) is 49.4. The lowest BCUT2D eigenvalue weighted by molar-refractivity contribution is 0.590. The Kier molecular flexibility index (Phi) is 10.5. The molecule has 2 aliphatic heterocycles. The van der Waals surface area contributed by atoms with Crippen LogP contribution in [0.15, 0.2) is 170 Å². The molecule has 3 aliphatic rings. The van der Waals surface area contributed by atoms with Crippen molar-refractivity contribution in [1.82, 2.24) is 4.57 Å². The van der Waals surface area contributed by atoms with E-state index >= 15 is 0 Å². The van der Waals surface area contributed by atoms with Gasteiger partial charge in [-0.15, -0.1) is 22.7 Å². The summed E-state index contributed by atoms with van der Waals surface area (Å²) in [6, 6.07) is 66.9. The molecule has 15 rings (SSSR count). The Hall–Kier alpha value is -7.38. The summed E-state index contributed by atoms with van der Waals surface area (Å²) in [5.74, 6) is 0. The lowest BCUT2D eigenvalue weighted by Crippen LogP contribution is -2.60. The summed E-state index contributed by atoms with van der Waals surface area (Å²) in [6.07, 6.45) is 0. The van der Waals surface area contributed by atoms with E-state index in [0.717, 1.165) is 5.69 Å². The van der Waals surface area contributed by atoms with Gasteiger partial charge in [-0.25, -0.2) is 0 Å². The van der Waals surface area contributed by atoms with E-state index in [1.54, 1.807) is 0 Å². The summed E-state index contributed by atoms with van der Waals surface area (Å²) < 4.78 is 8.00. The number of thiophene rings is 2. The Morgan fingerprint density at radius 2 is 0.951 bits per heavy atom. The van der Waals surface area contributed by atoms with Gasteiger partial charge in [-0.1, -0.05) is 182 Å². The first-order valence-electron chi connectivity index (χ1n) is 29.2. The molecule has 3 aromatic heterocycles. The van der Waals surface area contributed by atoms with E-state index in [-0.39, 0.29) is 33.8 Å². The Labute approximate surface area is 486 Å². The third-order valence-corrected chi connectivity index (χ3v) is 21.0. The second-order valence-corrected chi connectivity index (χ2v) is 30.4. The number of hydrogen-bond donors (Lipinski definition) is 0. The number of aromatic nitrogens is 1. The van der Waals surface area contributed by atoms with Crippen molar-refractivity contribution in [2.45, 2.75) is 124 Å². The summed E-state index contributed by atoms with van der Waals surface area (Å²) in [6.45, 7) is 32.8. The van der Waals surface area contributed by atoms with Crippen molar-refractivity contribution >= 4 is 131 Å². The van der Waals surface area contributed by atoms with Crippen LogP contribution >= 0.6 is 22.7 Å². The Morgan fingerprint density at radius 3 is 1.62 bits per heavy atom. The van der Waals surface area contributed by atoms with E-state index in [2.05, 4.69) is 281 Å². The van der Waals surface area contributed by atoms with Gasteiger partial charge < -0.3 is 14.4 Å². The largest absolute Gasteiger partial charge is 0.311 e. The van der Waals surface area contributed by atoms with Gasteiger partial charge in [-0.05, 0) is 173 Å². The highest BCUT2D eigenvalue weighted by atomic mass is 32.1. The van der Waals surface area contributed by atoms with Gasteiger partial charge in [0.15, 0.2) is 0 Å². The van der Waals surface area contributed by atoms with Crippen molar-refractivity contribution in [3.63, 3.8) is 0 Å². The topological polar surface area (TPSA) is 11.4 Å². The van der Waals surface area contributed by atoms with E-state index in [1.165, 1.54) is 146 Å². The number of nitrogens with zero attached hydrogens (tertiary/aromatic N) is 3. The number of benzene rings is 9. The predicted molar refractivity (Wildman–Crippen MR) is 355 cm³/mol. The van der Waals surface area contributed by atoms with Crippen LogP contribution in [0.4, 0.5) is 34.1 Å². The molecule has 81 heavy (non-hydrogen) atoms. The van der Waals surface area contributed by atoms with Crippen LogP contribution in [0.1, 0.15) is 130 Å². The fourth-order valence-electron chi connectivity index (χ4n) is 14.1. The van der Waals surface area contributed by atoms with Gasteiger partial charge in [0.1, 0.15) is 0 Å². The van der Waals surface area contributed by atoms with E-state index in [0.29, 0.717) is 0 Å². The first kappa shape index (κ1) is 50.6. The van der Waals surface area contributed by atoms with Gasteiger partial charge in [0.05, 0.1) is 27.1 Å². The molecule has 0 N–H and O–H groups in total. The van der Waals surface area contributed by atoms with E-state index in [1.807, 2.05) is 22.7 Å². The SMILES string of the molecule is CC(C)(C)c1ccc(N2c3cccc4c3B(c3sc5ccc(C(C)(C)C)cc5c3N4c3ccc(C(C)(C)C)cc3)c3c2cc(-n2c4ccc(C(C)(C)C)cc4c4cc5c(cc42)-c2ccccc2C5(C)C)c2sc4ccccc4c32)cc1. The molecule has 400 valence electrons. The maximum Gasteiger partial charge on any atom is 0.265 e. The maximum absolute atomic E-state index is 2.67. The maximum atomic E-state index is 2.67. The highest BCUT2D eigenvalue weighted by Crippen LogP contribution is 2.55. The smallest absolute Gasteiger partial charge is 0.265 e. The molecule has 5 heterocycles. The molecule has 12 aromatic rings. The zero-order valence-corrected chi connectivity index (χ0v) is 51.0. The van der Waals surface area contributed by atoms with Crippen molar-refractivity contribution in [3.8, 4) is 16.8 Å². The highest BCUT2D eigenvalue weighted by Gasteiger charge is 2.47. The van der Waals surface area contributed by atoms with Gasteiger partial charge >= 0.3 is 0 Å². The van der Waals surface area contributed by atoms with Crippen molar-refractivity contribution in [2.24, 2.45) is 0 Å². The molecular formula is C75H70BN3S2. The van der Waals surface area contributed by atoms with Crippen molar-refractivity contribution in [3.05, 3.63) is 203 Å². The quantitative estimate of drug-likeness (QED) is 0.163. The molecule has 9 aromatic carbocycles. The summed E-state index contributed by atoms with van der Waals surface area (Å²) in [4.78, 5) is 5.28. The molecule has 0 atom stereocenters. The van der Waals surface area contributed by atoms with Gasteiger partial charge in [0, 0.05) is 64.2 Å². The fraction of sp³-hybridized carbons (Fsp3) is 0.253. The number of anilines is 6. The molecule has 0 saturated carbocycles. The lowest BCUT2D eigenvalue weighted by atomic mass is 9.35. The lowest BCUT2D eigenvalue weighted by Gasteiger charge is -2.43. The van der Waals surface area contributed by atoms with Gasteiger partial charge in [0.2, 0.25) is 0 Å². The first-order chi connectivity index (χ1) is 38.5. The normalized spacial score (nSPS) is 14.8. The van der Waals surface area contributed by atoms with Crippen LogP contribution in [0.2, 0.25) is 0 Å². The minimum absolute atomic E-state index is 0.00294. The molecule has 3 nitrogen and oxygen atoms in total. The van der Waals surface area contributed by atoms with Gasteiger partial charge in [-0.3, -0.25) is 0 Å². The van der Waals surface area contributed by atoms with Crippen LogP contribution < -0.4 is 25.5 Å². The first-order valence-corrected chi connectivity index (χ1v) is 30.8. The molecular weight excluding hydrogens is 1020 g/mol. The summed E-state index contributed by atoms with van der Waals surface area (Å²) >= 11 is 3.96. The third-order valence-electron chi connectivity index (χ3n) is 18.6. The van der Waals surface area contributed by atoms with Crippen LogP contribution in [0, 0.1) is 0 Å². The number of hydrogen-bond acceptors (Lipinski definition) is 4. The van der Waals surface area contributed by atoms with E-state index < -0.39 is 0 Å². The molecule has 0 bridgehead atoms. The minimum atomic E-state index is -0.138. The third kappa shape index (κ3) is 7.31. The standard InChI is InChI=1S/C75H70BN3S2/c1-71(2,3)43-26-32-47(33-27-43)77-58-23-19-24-59-66(58)76(70-68(54-39-46(74(10,11)12)31-37-64(54)81-70)78(59)48-34-28-44(29-35-48)72(4,5)6)67-61(77)42-62(69-65(67)50-21-16-18-25-63(50)80-69)79-57-36-30-45(73(7,8)9)38-52(57)53-40-56-51(41-60(53)79)49-20-15-17-22-55(49)75(56,13)14/h15-42H,1-14H3. The molecule has 1 aliphatic carbocycles. The minimum Gasteiger partial charge on any atom is -0.311 e. The molecule has 0 fully saturated rings. The highest BCUT2D eigenvalue weighted by molar-refractivity contribution is 7.34. The molecule has 0 unspecified atom stereocenters. The summed E-state index contributed by atoms with van der Waals surface area (Å²) in [7, 11) is 0. The van der Waals surface area contributed by atoms with Crippen LogP contribution in [0.5, 0.6) is 0 Å². The van der Waals surface area contributed by atoms with Crippen LogP contribution in [-0.4, -0.2) is 11.3 Å². The number of rotatable bonds is 3. The second kappa shape index (κ2) is 16.9. The zero-order chi connectivity index (χ0) is 56.2. The molecule has 6 heteroatoms. The Bertz CT molecular complexity index is 4650. The average Bonchev–Trinajstić information content (AvgIpc) is 4.14. The van der Waals surface area contributed by atoms with Crippen molar-refractivity contribution in [1.29, 1.82) is 0 Å². The van der Waals surface area contributed by atoms with Gasteiger partial charge in [0.25, 0.3) is 6.71 Å². The van der Waals surface area contributed by atoms with Crippen molar-refractivity contribution < 1.29 is 0 Å². The summed E-state index contributed by atoms with van der Waals surface area (Å²) in [5, 5.41) is 6.58. The second-order valence-electron chi connectivity index (χ2n) is 28.2. The Morgan fingerprint density at radius 1 is 0.395 bits per heavy atom. The Balaban J connectivity index is 1.10. The average molecular weight is 1090 g/mol. The van der Waals surface area contributed by atoms with Crippen LogP contribution in [-0.2, 0) is 27.1 Å². The molecule has 0 saturated heterocycles. The molecule has 0 amide bonds. The van der Waals surface area contributed by atoms with E-state index in [9.17, 15) is 0 Å². The summed E-state index contributed by atoms with van der Waals surface area (Å²) in [5.41, 5.74) is 24.4. The van der Waals surface area contributed by atoms with Gasteiger partial charge in [-0.2, -0.15) is 0 Å². The predicted octanol–water partition coefficient (Wildman–Crippen LogP) is 19.9.